The van der Waals surface area contributed by atoms with E-state index in [4.69, 9.17) is 0 Å². The molecule has 1 N–H and O–H groups in total. The van der Waals surface area contributed by atoms with E-state index in [9.17, 15) is 18.4 Å². The van der Waals surface area contributed by atoms with Crippen molar-refractivity contribution in [2.45, 2.75) is 39.0 Å². The quantitative estimate of drug-likeness (QED) is 0.834. The Labute approximate surface area is 152 Å². The van der Waals surface area contributed by atoms with E-state index in [-0.39, 0.29) is 24.1 Å². The number of likely N-dealkylation sites (tertiary alicyclic amines) is 1. The van der Waals surface area contributed by atoms with E-state index < -0.39 is 12.7 Å². The standard InChI is InChI=1S/C17H17F2N3O3S/c1-10-9-26-17(20-10)21-15(24)13-6-7-14(23)22(13)8-11-2-4-12(5-3-11)25-16(18)19/h2-5,9,13,16H,6-8H2,1H3,(H,20,21,24). The first-order valence-electron chi connectivity index (χ1n) is 7.98. The number of nitrogens with zero attached hydrogens (tertiary/aromatic N) is 2. The van der Waals surface area contributed by atoms with E-state index in [1.807, 2.05) is 12.3 Å². The number of hydrogen-bond acceptors (Lipinski definition) is 5. The van der Waals surface area contributed by atoms with Gasteiger partial charge in [0, 0.05) is 18.3 Å². The molecule has 0 saturated carbocycles. The number of hydrogen-bond donors (Lipinski definition) is 1. The molecule has 2 amide bonds. The van der Waals surface area contributed by atoms with Crippen molar-refractivity contribution in [1.29, 1.82) is 0 Å². The fourth-order valence-corrected chi connectivity index (χ4v) is 3.47. The highest BCUT2D eigenvalue weighted by Crippen LogP contribution is 2.25. The fraction of sp³-hybridized carbons (Fsp3) is 0.353. The van der Waals surface area contributed by atoms with Crippen molar-refractivity contribution in [1.82, 2.24) is 9.88 Å². The highest BCUT2D eigenvalue weighted by atomic mass is 32.1. The van der Waals surface area contributed by atoms with E-state index >= 15 is 0 Å². The third kappa shape index (κ3) is 4.34. The van der Waals surface area contributed by atoms with Crippen LogP contribution in [0.15, 0.2) is 29.6 Å². The molecule has 1 saturated heterocycles. The molecular formula is C17H17F2N3O3S. The molecule has 0 spiro atoms. The summed E-state index contributed by atoms with van der Waals surface area (Å²) in [7, 11) is 0. The zero-order chi connectivity index (χ0) is 18.7. The Morgan fingerprint density at radius 3 is 2.77 bits per heavy atom. The maximum Gasteiger partial charge on any atom is 0.387 e. The van der Waals surface area contributed by atoms with Crippen LogP contribution in [0.5, 0.6) is 5.75 Å². The lowest BCUT2D eigenvalue weighted by atomic mass is 10.1. The molecule has 2 aromatic rings. The summed E-state index contributed by atoms with van der Waals surface area (Å²) < 4.78 is 28.7. The summed E-state index contributed by atoms with van der Waals surface area (Å²) >= 11 is 1.33. The minimum atomic E-state index is -2.89. The Hall–Kier alpha value is -2.55. The molecule has 6 nitrogen and oxygen atoms in total. The average Bonchev–Trinajstić information content (AvgIpc) is 3.15. The molecule has 138 valence electrons. The SMILES string of the molecule is Cc1csc(NC(=O)C2CCC(=O)N2Cc2ccc(OC(F)F)cc2)n1. The van der Waals surface area contributed by atoms with Crippen LogP contribution in [0.4, 0.5) is 13.9 Å². The minimum Gasteiger partial charge on any atom is -0.435 e. The van der Waals surface area contributed by atoms with E-state index in [0.717, 1.165) is 11.3 Å². The van der Waals surface area contributed by atoms with Gasteiger partial charge in [-0.25, -0.2) is 4.98 Å². The molecule has 1 unspecified atom stereocenters. The summed E-state index contributed by atoms with van der Waals surface area (Å²) in [6.45, 7) is -0.828. The van der Waals surface area contributed by atoms with Crippen molar-refractivity contribution in [3.05, 3.63) is 40.9 Å². The van der Waals surface area contributed by atoms with Gasteiger partial charge < -0.3 is 15.0 Å². The van der Waals surface area contributed by atoms with Gasteiger partial charge in [0.05, 0.1) is 5.69 Å². The number of rotatable bonds is 6. The van der Waals surface area contributed by atoms with Crippen LogP contribution in [0.25, 0.3) is 0 Å². The molecule has 0 bridgehead atoms. The Kier molecular flexibility index (Phi) is 5.46. The number of ether oxygens (including phenoxy) is 1. The van der Waals surface area contributed by atoms with Gasteiger partial charge in [0.2, 0.25) is 11.8 Å². The summed E-state index contributed by atoms with van der Waals surface area (Å²) in [6, 6.07) is 5.44. The van der Waals surface area contributed by atoms with E-state index in [0.29, 0.717) is 18.0 Å². The first-order valence-corrected chi connectivity index (χ1v) is 8.86. The van der Waals surface area contributed by atoms with Crippen LogP contribution in [0.3, 0.4) is 0 Å². The Morgan fingerprint density at radius 1 is 1.42 bits per heavy atom. The van der Waals surface area contributed by atoms with E-state index in [1.54, 1.807) is 12.1 Å². The molecule has 1 aliphatic heterocycles. The Morgan fingerprint density at radius 2 is 2.15 bits per heavy atom. The van der Waals surface area contributed by atoms with Crippen LogP contribution in [0, 0.1) is 6.92 Å². The van der Waals surface area contributed by atoms with Gasteiger partial charge in [-0.15, -0.1) is 11.3 Å². The first-order chi connectivity index (χ1) is 12.4. The lowest BCUT2D eigenvalue weighted by Gasteiger charge is -2.23. The molecular weight excluding hydrogens is 364 g/mol. The topological polar surface area (TPSA) is 71.5 Å². The lowest BCUT2D eigenvalue weighted by Crippen LogP contribution is -2.41. The zero-order valence-corrected chi connectivity index (χ0v) is 14.8. The van der Waals surface area contributed by atoms with Crippen LogP contribution in [-0.2, 0) is 16.1 Å². The van der Waals surface area contributed by atoms with Gasteiger partial charge in [-0.2, -0.15) is 8.78 Å². The molecule has 2 heterocycles. The predicted octanol–water partition coefficient (Wildman–Crippen LogP) is 3.18. The van der Waals surface area contributed by atoms with Gasteiger partial charge in [-0.3, -0.25) is 9.59 Å². The van der Waals surface area contributed by atoms with E-state index in [2.05, 4.69) is 15.0 Å². The zero-order valence-electron chi connectivity index (χ0n) is 13.9. The van der Waals surface area contributed by atoms with Crippen LogP contribution in [0.1, 0.15) is 24.1 Å². The number of carbonyl (C=O) groups is 2. The fourth-order valence-electron chi connectivity index (χ4n) is 2.78. The third-order valence-electron chi connectivity index (χ3n) is 3.98. The third-order valence-corrected chi connectivity index (χ3v) is 4.86. The number of halogens is 2. The van der Waals surface area contributed by atoms with Crippen molar-refractivity contribution < 1.29 is 23.1 Å². The van der Waals surface area contributed by atoms with Gasteiger partial charge in [-0.1, -0.05) is 12.1 Å². The Bertz CT molecular complexity index is 795. The lowest BCUT2D eigenvalue weighted by molar-refractivity contribution is -0.133. The molecule has 26 heavy (non-hydrogen) atoms. The number of aromatic nitrogens is 1. The van der Waals surface area contributed by atoms with Crippen molar-refractivity contribution in [3.8, 4) is 5.75 Å². The number of anilines is 1. The molecule has 1 aromatic heterocycles. The second kappa shape index (κ2) is 7.77. The minimum absolute atomic E-state index is 0.0462. The van der Waals surface area contributed by atoms with Crippen LogP contribution >= 0.6 is 11.3 Å². The summed E-state index contributed by atoms with van der Waals surface area (Å²) in [5.74, 6) is -0.346. The smallest absolute Gasteiger partial charge is 0.387 e. The van der Waals surface area contributed by atoms with Crippen molar-refractivity contribution in [2.24, 2.45) is 0 Å². The van der Waals surface area contributed by atoms with Crippen LogP contribution < -0.4 is 10.1 Å². The largest absolute Gasteiger partial charge is 0.435 e. The van der Waals surface area contributed by atoms with Crippen molar-refractivity contribution in [2.75, 3.05) is 5.32 Å². The Balaban J connectivity index is 1.66. The van der Waals surface area contributed by atoms with Gasteiger partial charge in [0.15, 0.2) is 5.13 Å². The molecule has 1 atom stereocenters. The number of thiazole rings is 1. The van der Waals surface area contributed by atoms with Crippen LogP contribution in [-0.4, -0.2) is 34.4 Å². The summed E-state index contributed by atoms with van der Waals surface area (Å²) in [4.78, 5) is 30.4. The maximum absolute atomic E-state index is 12.5. The molecule has 0 aliphatic carbocycles. The molecule has 1 aliphatic rings. The number of amides is 2. The highest BCUT2D eigenvalue weighted by Gasteiger charge is 2.36. The number of alkyl halides is 2. The van der Waals surface area contributed by atoms with Crippen molar-refractivity contribution in [3.63, 3.8) is 0 Å². The molecule has 9 heteroatoms. The second-order valence-corrected chi connectivity index (χ2v) is 6.74. The normalized spacial score (nSPS) is 17.0. The van der Waals surface area contributed by atoms with Crippen molar-refractivity contribution >= 4 is 28.3 Å². The van der Waals surface area contributed by atoms with Gasteiger partial charge >= 0.3 is 6.61 Å². The van der Waals surface area contributed by atoms with Gasteiger partial charge in [0.1, 0.15) is 11.8 Å². The summed E-state index contributed by atoms with van der Waals surface area (Å²) in [5, 5.41) is 5.07. The average molecular weight is 381 g/mol. The highest BCUT2D eigenvalue weighted by molar-refractivity contribution is 7.13. The number of benzene rings is 1. The predicted molar refractivity (Wildman–Crippen MR) is 92.1 cm³/mol. The summed E-state index contributed by atoms with van der Waals surface area (Å²) in [6.07, 6.45) is 0.725. The van der Waals surface area contributed by atoms with Crippen LogP contribution in [0.2, 0.25) is 0 Å². The van der Waals surface area contributed by atoms with Gasteiger partial charge in [0.25, 0.3) is 0 Å². The summed E-state index contributed by atoms with van der Waals surface area (Å²) in [5.41, 5.74) is 1.54. The molecule has 0 radical (unpaired) electrons. The monoisotopic (exact) mass is 381 g/mol. The number of carbonyl (C=O) groups excluding carboxylic acids is 2. The first kappa shape index (κ1) is 18.2. The molecule has 1 fully saturated rings. The molecule has 1 aromatic carbocycles. The number of aryl methyl sites for hydroxylation is 1. The van der Waals surface area contributed by atoms with E-state index in [1.165, 1.54) is 28.4 Å². The number of nitrogens with one attached hydrogen (secondary N) is 1. The second-order valence-electron chi connectivity index (χ2n) is 5.88. The van der Waals surface area contributed by atoms with Gasteiger partial charge in [-0.05, 0) is 31.0 Å². The maximum atomic E-state index is 12.5. The molecule has 3 rings (SSSR count).